The number of aromatic nitrogens is 1. The number of benzene rings is 1. The Morgan fingerprint density at radius 3 is 2.88 bits per heavy atom. The number of nitrogens with zero attached hydrogens (tertiary/aromatic N) is 1. The predicted molar refractivity (Wildman–Crippen MR) is 62.0 cm³/mol. The Balaban J connectivity index is 2.14. The Hall–Kier alpha value is -1.37. The van der Waals surface area contributed by atoms with E-state index in [-0.39, 0.29) is 11.4 Å². The second-order valence-electron chi connectivity index (χ2n) is 3.26. The number of nitrogens with one attached hydrogen (secondary N) is 1. The van der Waals surface area contributed by atoms with Crippen molar-refractivity contribution in [3.8, 4) is 0 Å². The number of rotatable bonds is 4. The van der Waals surface area contributed by atoms with Crippen LogP contribution in [0, 0.1) is 0 Å². The summed E-state index contributed by atoms with van der Waals surface area (Å²) in [5.74, 6) is 0. The molecule has 1 aromatic heterocycles. The molecule has 0 aliphatic carbocycles. The molecule has 1 N–H and O–H groups in total. The highest BCUT2D eigenvalue weighted by molar-refractivity contribution is 7.89. The van der Waals surface area contributed by atoms with E-state index in [2.05, 4.69) is 9.71 Å². The van der Waals surface area contributed by atoms with Gasteiger partial charge in [-0.15, -0.1) is 0 Å². The van der Waals surface area contributed by atoms with Crippen LogP contribution >= 0.6 is 11.6 Å². The number of hydrogen-bond donors (Lipinski definition) is 1. The van der Waals surface area contributed by atoms with Crippen molar-refractivity contribution in [2.45, 2.75) is 11.4 Å². The van der Waals surface area contributed by atoms with Gasteiger partial charge in [0.2, 0.25) is 10.0 Å². The zero-order valence-corrected chi connectivity index (χ0v) is 10.2. The van der Waals surface area contributed by atoms with E-state index in [1.54, 1.807) is 12.1 Å². The normalized spacial score (nSPS) is 11.6. The summed E-state index contributed by atoms with van der Waals surface area (Å²) in [7, 11) is -3.57. The summed E-state index contributed by atoms with van der Waals surface area (Å²) in [6.07, 6.45) is 2.61. The first-order chi connectivity index (χ1) is 8.08. The molecule has 0 spiro atoms. The summed E-state index contributed by atoms with van der Waals surface area (Å²) in [5.41, 5.74) is 0.510. The van der Waals surface area contributed by atoms with Crippen molar-refractivity contribution in [3.05, 3.63) is 47.6 Å². The summed E-state index contributed by atoms with van der Waals surface area (Å²) in [4.78, 5) is 3.93. The van der Waals surface area contributed by atoms with Crippen LogP contribution < -0.4 is 4.72 Å². The lowest BCUT2D eigenvalue weighted by Gasteiger charge is -2.05. The zero-order valence-electron chi connectivity index (χ0n) is 8.63. The first-order valence-electron chi connectivity index (χ1n) is 4.70. The monoisotopic (exact) mass is 272 g/mol. The molecule has 7 heteroatoms. The molecule has 0 fully saturated rings. The van der Waals surface area contributed by atoms with E-state index in [1.165, 1.54) is 24.8 Å². The van der Waals surface area contributed by atoms with E-state index in [9.17, 15) is 8.42 Å². The van der Waals surface area contributed by atoms with Gasteiger partial charge in [-0.3, -0.25) is 0 Å². The highest BCUT2D eigenvalue weighted by Crippen LogP contribution is 2.15. The molecule has 1 heterocycles. The highest BCUT2D eigenvalue weighted by Gasteiger charge is 2.14. The SMILES string of the molecule is O=S(=O)(NCc1cocn1)c1cccc(Cl)c1. The van der Waals surface area contributed by atoms with Crippen LogP contribution in [0.2, 0.25) is 5.02 Å². The van der Waals surface area contributed by atoms with Crippen LogP contribution in [-0.2, 0) is 16.6 Å². The highest BCUT2D eigenvalue weighted by atomic mass is 35.5. The van der Waals surface area contributed by atoms with Gasteiger partial charge in [-0.2, -0.15) is 0 Å². The third-order valence-corrected chi connectivity index (χ3v) is 3.67. The van der Waals surface area contributed by atoms with Crippen LogP contribution in [0.25, 0.3) is 0 Å². The number of hydrogen-bond acceptors (Lipinski definition) is 4. The lowest BCUT2D eigenvalue weighted by Crippen LogP contribution is -2.23. The van der Waals surface area contributed by atoms with Crippen molar-refractivity contribution in [1.82, 2.24) is 9.71 Å². The van der Waals surface area contributed by atoms with Crippen molar-refractivity contribution in [2.24, 2.45) is 0 Å². The van der Waals surface area contributed by atoms with Crippen molar-refractivity contribution in [3.63, 3.8) is 0 Å². The minimum absolute atomic E-state index is 0.0747. The average Bonchev–Trinajstić information content (AvgIpc) is 2.79. The third-order valence-electron chi connectivity index (χ3n) is 2.03. The molecule has 0 unspecified atom stereocenters. The molecule has 0 radical (unpaired) electrons. The van der Waals surface area contributed by atoms with Gasteiger partial charge in [0.15, 0.2) is 6.39 Å². The van der Waals surface area contributed by atoms with Gasteiger partial charge in [-0.05, 0) is 18.2 Å². The van der Waals surface area contributed by atoms with Crippen molar-refractivity contribution < 1.29 is 12.8 Å². The first-order valence-corrected chi connectivity index (χ1v) is 6.56. The molecule has 90 valence electrons. The van der Waals surface area contributed by atoms with Crippen molar-refractivity contribution in [1.29, 1.82) is 0 Å². The van der Waals surface area contributed by atoms with Gasteiger partial charge in [-0.1, -0.05) is 17.7 Å². The maximum Gasteiger partial charge on any atom is 0.240 e. The fourth-order valence-corrected chi connectivity index (χ4v) is 2.51. The lowest BCUT2D eigenvalue weighted by molar-refractivity contribution is 0.555. The summed E-state index contributed by atoms with van der Waals surface area (Å²) in [5, 5.41) is 0.370. The molecule has 0 aliphatic rings. The maximum absolute atomic E-state index is 11.9. The molecule has 0 aliphatic heterocycles. The van der Waals surface area contributed by atoms with Crippen LogP contribution in [0.15, 0.2) is 46.2 Å². The van der Waals surface area contributed by atoms with E-state index in [4.69, 9.17) is 16.0 Å². The van der Waals surface area contributed by atoms with Gasteiger partial charge >= 0.3 is 0 Å². The lowest BCUT2D eigenvalue weighted by atomic mass is 10.4. The Morgan fingerprint density at radius 2 is 2.24 bits per heavy atom. The maximum atomic E-state index is 11.9. The zero-order chi connectivity index (χ0) is 12.3. The fourth-order valence-electron chi connectivity index (χ4n) is 1.21. The van der Waals surface area contributed by atoms with Crippen LogP contribution in [-0.4, -0.2) is 13.4 Å². The van der Waals surface area contributed by atoms with Gasteiger partial charge in [0.05, 0.1) is 17.1 Å². The molecule has 0 atom stereocenters. The Bertz CT molecular complexity index is 596. The second-order valence-corrected chi connectivity index (χ2v) is 5.47. The molecule has 0 saturated heterocycles. The van der Waals surface area contributed by atoms with Gasteiger partial charge in [0.1, 0.15) is 6.26 Å². The first kappa shape index (κ1) is 12.1. The van der Waals surface area contributed by atoms with Gasteiger partial charge < -0.3 is 4.42 Å². The molecule has 2 aromatic rings. The Labute approximate surface area is 103 Å². The number of sulfonamides is 1. The third kappa shape index (κ3) is 3.06. The summed E-state index contributed by atoms with van der Waals surface area (Å²) < 4.78 is 30.8. The quantitative estimate of drug-likeness (QED) is 0.921. The van der Waals surface area contributed by atoms with Crippen LogP contribution in [0.1, 0.15) is 5.69 Å². The molecule has 5 nitrogen and oxygen atoms in total. The number of oxazole rings is 1. The van der Waals surface area contributed by atoms with Crippen molar-refractivity contribution in [2.75, 3.05) is 0 Å². The number of halogens is 1. The molecule has 0 amide bonds. The molecular formula is C10H9ClN2O3S. The average molecular weight is 273 g/mol. The van der Waals surface area contributed by atoms with E-state index < -0.39 is 10.0 Å². The van der Waals surface area contributed by atoms with Crippen LogP contribution in [0.3, 0.4) is 0 Å². The van der Waals surface area contributed by atoms with Gasteiger partial charge in [0, 0.05) is 5.02 Å². The molecule has 0 bridgehead atoms. The molecule has 2 rings (SSSR count). The molecular weight excluding hydrogens is 264 g/mol. The van der Waals surface area contributed by atoms with E-state index in [0.717, 1.165) is 0 Å². The predicted octanol–water partition coefficient (Wildman–Crippen LogP) is 1.81. The minimum atomic E-state index is -3.57. The standard InChI is InChI=1S/C10H9ClN2O3S/c11-8-2-1-3-10(4-8)17(14,15)13-5-9-6-16-7-12-9/h1-4,6-7,13H,5H2. The smallest absolute Gasteiger partial charge is 0.240 e. The fraction of sp³-hybridized carbons (Fsp3) is 0.100. The molecule has 0 saturated carbocycles. The van der Waals surface area contributed by atoms with E-state index >= 15 is 0 Å². The van der Waals surface area contributed by atoms with E-state index in [1.807, 2.05) is 0 Å². The minimum Gasteiger partial charge on any atom is -0.451 e. The molecule has 17 heavy (non-hydrogen) atoms. The van der Waals surface area contributed by atoms with Crippen LogP contribution in [0.4, 0.5) is 0 Å². The van der Waals surface area contributed by atoms with Crippen molar-refractivity contribution >= 4 is 21.6 Å². The molecule has 1 aromatic carbocycles. The summed E-state index contributed by atoms with van der Waals surface area (Å²) in [6.45, 7) is 0.0747. The van der Waals surface area contributed by atoms with E-state index in [0.29, 0.717) is 10.7 Å². The summed E-state index contributed by atoms with van der Waals surface area (Å²) >= 11 is 5.73. The van der Waals surface area contributed by atoms with Gasteiger partial charge in [0.25, 0.3) is 0 Å². The topological polar surface area (TPSA) is 72.2 Å². The van der Waals surface area contributed by atoms with Gasteiger partial charge in [-0.25, -0.2) is 18.1 Å². The largest absolute Gasteiger partial charge is 0.451 e. The Morgan fingerprint density at radius 1 is 1.41 bits per heavy atom. The second kappa shape index (κ2) is 4.87. The van der Waals surface area contributed by atoms with Crippen LogP contribution in [0.5, 0.6) is 0 Å². The summed E-state index contributed by atoms with van der Waals surface area (Å²) in [6, 6.07) is 6.04. The Kier molecular flexibility index (Phi) is 3.46.